The van der Waals surface area contributed by atoms with E-state index in [2.05, 4.69) is 10.6 Å². The third kappa shape index (κ3) is 7.45. The first-order chi connectivity index (χ1) is 12.4. The van der Waals surface area contributed by atoms with Gasteiger partial charge in [0.15, 0.2) is 13.1 Å². The molecule has 0 saturated heterocycles. The number of likely N-dealkylation sites (N-methyl/N-ethyl adjacent to an activating group) is 3. The zero-order valence-electron chi connectivity index (χ0n) is 15.9. The number of nitrogens with one attached hydrogen (secondary N) is 3. The summed E-state index contributed by atoms with van der Waals surface area (Å²) in [7, 11) is 1.79. The van der Waals surface area contributed by atoms with E-state index >= 15 is 0 Å². The minimum absolute atomic E-state index is 0.0454. The molecule has 0 aliphatic rings. The minimum atomic E-state index is -0.174. The maximum absolute atomic E-state index is 12.4. The Labute approximate surface area is 159 Å². The molecule has 1 unspecified atom stereocenters. The summed E-state index contributed by atoms with van der Waals surface area (Å²) < 4.78 is 0. The quantitative estimate of drug-likeness (QED) is 0.492. The van der Waals surface area contributed by atoms with Crippen molar-refractivity contribution >= 4 is 35.2 Å². The largest absolute Gasteiger partial charge is 0.355 e. The van der Waals surface area contributed by atoms with Gasteiger partial charge in [0.25, 0.3) is 11.8 Å². The van der Waals surface area contributed by atoms with E-state index in [1.165, 1.54) is 4.90 Å². The van der Waals surface area contributed by atoms with E-state index in [0.717, 1.165) is 15.5 Å². The van der Waals surface area contributed by atoms with Crippen LogP contribution in [-0.2, 0) is 14.4 Å². The van der Waals surface area contributed by atoms with Gasteiger partial charge in [0.1, 0.15) is 0 Å². The van der Waals surface area contributed by atoms with E-state index in [9.17, 15) is 14.4 Å². The second kappa shape index (κ2) is 11.5. The Hall–Kier alpha value is -2.06. The monoisotopic (exact) mass is 381 g/mol. The fraction of sp³-hybridized carbons (Fsp3) is 0.500. The van der Waals surface area contributed by atoms with E-state index in [4.69, 9.17) is 0 Å². The van der Waals surface area contributed by atoms with Gasteiger partial charge in [-0.2, -0.15) is 0 Å². The molecule has 144 valence electrons. The SMILES string of the molecule is CCNC(=O)CN(CC)C(=O)C[NH+](C)CC(=O)Nc1ccccc1SC. The number of nitrogens with zero attached hydrogens (tertiary/aromatic N) is 1. The number of thioether (sulfide) groups is 1. The molecular formula is C18H29N4O3S+. The normalized spacial score (nSPS) is 11.5. The van der Waals surface area contributed by atoms with Gasteiger partial charge in [0.05, 0.1) is 19.3 Å². The van der Waals surface area contributed by atoms with Gasteiger partial charge in [0.2, 0.25) is 5.91 Å². The highest BCUT2D eigenvalue weighted by Gasteiger charge is 2.20. The first-order valence-electron chi connectivity index (χ1n) is 8.69. The first kappa shape index (κ1) is 22.0. The minimum Gasteiger partial charge on any atom is -0.355 e. The maximum atomic E-state index is 12.4. The Balaban J connectivity index is 2.53. The number of hydrogen-bond acceptors (Lipinski definition) is 4. The molecule has 0 radical (unpaired) electrons. The Kier molecular flexibility index (Phi) is 9.75. The topological polar surface area (TPSA) is 83.0 Å². The predicted molar refractivity (Wildman–Crippen MR) is 104 cm³/mol. The number of hydrogen-bond donors (Lipinski definition) is 3. The van der Waals surface area contributed by atoms with Crippen LogP contribution in [0.2, 0.25) is 0 Å². The Morgan fingerprint density at radius 2 is 1.81 bits per heavy atom. The van der Waals surface area contributed by atoms with Crippen LogP contribution in [0.5, 0.6) is 0 Å². The van der Waals surface area contributed by atoms with Gasteiger partial charge in [-0.1, -0.05) is 12.1 Å². The fourth-order valence-corrected chi connectivity index (χ4v) is 3.01. The molecule has 0 spiro atoms. The van der Waals surface area contributed by atoms with Crippen LogP contribution in [0, 0.1) is 0 Å². The van der Waals surface area contributed by atoms with Gasteiger partial charge in [-0.3, -0.25) is 14.4 Å². The number of anilines is 1. The van der Waals surface area contributed by atoms with E-state index in [1.54, 1.807) is 18.8 Å². The molecule has 8 heteroatoms. The van der Waals surface area contributed by atoms with Crippen molar-refractivity contribution in [1.82, 2.24) is 10.2 Å². The van der Waals surface area contributed by atoms with E-state index in [0.29, 0.717) is 13.1 Å². The highest BCUT2D eigenvalue weighted by molar-refractivity contribution is 7.98. The number of rotatable bonds is 10. The molecule has 0 fully saturated rings. The Morgan fingerprint density at radius 1 is 1.12 bits per heavy atom. The van der Waals surface area contributed by atoms with Crippen LogP contribution in [0.4, 0.5) is 5.69 Å². The molecule has 1 atom stereocenters. The van der Waals surface area contributed by atoms with Crippen molar-refractivity contribution in [1.29, 1.82) is 0 Å². The summed E-state index contributed by atoms with van der Waals surface area (Å²) in [4.78, 5) is 39.5. The summed E-state index contributed by atoms with van der Waals surface area (Å²) in [6.45, 7) is 5.03. The van der Waals surface area contributed by atoms with Crippen LogP contribution >= 0.6 is 11.8 Å². The third-order valence-corrected chi connectivity index (χ3v) is 4.54. The lowest BCUT2D eigenvalue weighted by atomic mass is 10.3. The zero-order chi connectivity index (χ0) is 19.5. The lowest BCUT2D eigenvalue weighted by molar-refractivity contribution is -0.862. The summed E-state index contributed by atoms with van der Waals surface area (Å²) in [5, 5.41) is 5.57. The van der Waals surface area contributed by atoms with Gasteiger partial charge in [-0.05, 0) is 32.2 Å². The van der Waals surface area contributed by atoms with Crippen molar-refractivity contribution in [3.63, 3.8) is 0 Å². The molecule has 0 saturated carbocycles. The molecule has 0 aliphatic carbocycles. The molecule has 3 amide bonds. The molecule has 0 bridgehead atoms. The highest BCUT2D eigenvalue weighted by atomic mass is 32.2. The average molecular weight is 382 g/mol. The number of quaternary nitrogens is 1. The number of carbonyl (C=O) groups excluding carboxylic acids is 3. The number of carbonyl (C=O) groups is 3. The second-order valence-corrected chi connectivity index (χ2v) is 6.77. The summed E-state index contributed by atoms with van der Waals surface area (Å²) >= 11 is 1.56. The molecule has 1 aromatic rings. The fourth-order valence-electron chi connectivity index (χ4n) is 2.45. The molecule has 1 aromatic carbocycles. The van der Waals surface area contributed by atoms with E-state index < -0.39 is 0 Å². The van der Waals surface area contributed by atoms with Crippen LogP contribution in [0.15, 0.2) is 29.2 Å². The van der Waals surface area contributed by atoms with Gasteiger partial charge in [-0.15, -0.1) is 11.8 Å². The van der Waals surface area contributed by atoms with Crippen LogP contribution in [0.3, 0.4) is 0 Å². The lowest BCUT2D eigenvalue weighted by Crippen LogP contribution is -3.11. The highest BCUT2D eigenvalue weighted by Crippen LogP contribution is 2.24. The number of benzene rings is 1. The van der Waals surface area contributed by atoms with Crippen molar-refractivity contribution < 1.29 is 19.3 Å². The predicted octanol–water partition coefficient (Wildman–Crippen LogP) is -0.154. The second-order valence-electron chi connectivity index (χ2n) is 5.92. The van der Waals surface area contributed by atoms with Gasteiger partial charge >= 0.3 is 0 Å². The first-order valence-corrected chi connectivity index (χ1v) is 9.92. The Bertz CT molecular complexity index is 624. The molecule has 0 aromatic heterocycles. The van der Waals surface area contributed by atoms with Gasteiger partial charge in [0, 0.05) is 18.0 Å². The molecule has 7 nitrogen and oxygen atoms in total. The van der Waals surface area contributed by atoms with Crippen molar-refractivity contribution in [2.75, 3.05) is 51.3 Å². The molecule has 3 N–H and O–H groups in total. The molecule has 1 rings (SSSR count). The average Bonchev–Trinajstić information content (AvgIpc) is 2.59. The summed E-state index contributed by atoms with van der Waals surface area (Å²) in [6.07, 6.45) is 1.95. The van der Waals surface area contributed by atoms with Crippen molar-refractivity contribution in [3.8, 4) is 0 Å². The van der Waals surface area contributed by atoms with Crippen molar-refractivity contribution in [2.45, 2.75) is 18.7 Å². The molecule has 0 heterocycles. The van der Waals surface area contributed by atoms with E-state index in [-0.39, 0.29) is 37.4 Å². The lowest BCUT2D eigenvalue weighted by Gasteiger charge is -2.22. The molecular weight excluding hydrogens is 352 g/mol. The third-order valence-electron chi connectivity index (χ3n) is 3.74. The van der Waals surface area contributed by atoms with Crippen LogP contribution in [0.25, 0.3) is 0 Å². The Morgan fingerprint density at radius 3 is 2.42 bits per heavy atom. The van der Waals surface area contributed by atoms with Crippen LogP contribution in [0.1, 0.15) is 13.8 Å². The number of para-hydroxylation sites is 1. The van der Waals surface area contributed by atoms with Gasteiger partial charge in [-0.25, -0.2) is 0 Å². The summed E-state index contributed by atoms with van der Waals surface area (Å²) in [6, 6.07) is 7.59. The summed E-state index contributed by atoms with van der Waals surface area (Å²) in [5.74, 6) is -0.469. The standard InChI is InChI=1S/C18H28N4O3S/c1-5-19-16(23)12-22(6-2)18(25)13-21(3)11-17(24)20-14-9-7-8-10-15(14)26-4/h7-10H,5-6,11-13H2,1-4H3,(H,19,23)(H,20,24)/p+1. The van der Waals surface area contributed by atoms with Gasteiger partial charge < -0.3 is 20.4 Å². The summed E-state index contributed by atoms with van der Waals surface area (Å²) in [5.41, 5.74) is 0.774. The molecule has 0 aliphatic heterocycles. The number of amides is 3. The smallest absolute Gasteiger partial charge is 0.279 e. The van der Waals surface area contributed by atoms with Crippen molar-refractivity contribution in [3.05, 3.63) is 24.3 Å². The van der Waals surface area contributed by atoms with Crippen LogP contribution < -0.4 is 15.5 Å². The van der Waals surface area contributed by atoms with Crippen molar-refractivity contribution in [2.24, 2.45) is 0 Å². The maximum Gasteiger partial charge on any atom is 0.279 e. The van der Waals surface area contributed by atoms with E-state index in [1.807, 2.05) is 44.4 Å². The van der Waals surface area contributed by atoms with Crippen LogP contribution in [-0.4, -0.2) is 68.6 Å². The molecule has 26 heavy (non-hydrogen) atoms. The zero-order valence-corrected chi connectivity index (χ0v) is 16.7.